The molecule has 2 N–H and O–H groups in total. The molecule has 2 heterocycles. The molecule has 0 fully saturated rings. The normalized spacial score (nSPS) is 13.5. The van der Waals surface area contributed by atoms with Crippen LogP contribution in [0.2, 0.25) is 0 Å². The number of hydrogen-bond donors (Lipinski definition) is 2. The highest BCUT2D eigenvalue weighted by atomic mass is 16.5. The van der Waals surface area contributed by atoms with Crippen molar-refractivity contribution in [1.29, 1.82) is 0 Å². The highest BCUT2D eigenvalue weighted by Crippen LogP contribution is 2.24. The highest BCUT2D eigenvalue weighted by Gasteiger charge is 2.13. The Bertz CT molecular complexity index is 505. The van der Waals surface area contributed by atoms with E-state index >= 15 is 0 Å². The van der Waals surface area contributed by atoms with E-state index in [-0.39, 0.29) is 0 Å². The fourth-order valence-corrected chi connectivity index (χ4v) is 2.12. The molecule has 1 aliphatic heterocycles. The molecule has 0 radical (unpaired) electrons. The first kappa shape index (κ1) is 11.7. The van der Waals surface area contributed by atoms with Crippen LogP contribution < -0.4 is 5.32 Å². The summed E-state index contributed by atoms with van der Waals surface area (Å²) >= 11 is 0. The molecule has 17 heavy (non-hydrogen) atoms. The Balaban J connectivity index is 0.000000239. The number of carbonyl (C=O) groups excluding carboxylic acids is 1. The lowest BCUT2D eigenvalue weighted by Gasteiger charge is -2.12. The molecule has 2 aromatic rings. The molecule has 0 amide bonds. The Morgan fingerprint density at radius 2 is 2.12 bits per heavy atom. The molecular weight excluding hydrogens is 216 g/mol. The molecule has 0 atom stereocenters. The van der Waals surface area contributed by atoms with E-state index in [4.69, 9.17) is 4.79 Å². The number of aromatic nitrogens is 1. The monoisotopic (exact) mass is 232 g/mol. The van der Waals surface area contributed by atoms with Gasteiger partial charge in [-0.3, -0.25) is 4.79 Å². The smallest absolute Gasteiger partial charge is 0.292 e. The lowest BCUT2D eigenvalue weighted by atomic mass is 10.1. The van der Waals surface area contributed by atoms with Crippen molar-refractivity contribution in [2.75, 3.05) is 13.7 Å². The van der Waals surface area contributed by atoms with Crippen LogP contribution in [-0.4, -0.2) is 25.1 Å². The highest BCUT2D eigenvalue weighted by molar-refractivity contribution is 5.84. The molecule has 0 saturated carbocycles. The van der Waals surface area contributed by atoms with Gasteiger partial charge in [-0.25, -0.2) is 0 Å². The Kier molecular flexibility index (Phi) is 3.77. The SMILES string of the molecule is COC=O.c1ccc2c3c([nH]c2c1)CNCC3. The molecule has 1 aromatic carbocycles. The molecule has 1 aromatic heterocycles. The van der Waals surface area contributed by atoms with Gasteiger partial charge in [0, 0.05) is 23.1 Å². The van der Waals surface area contributed by atoms with Crippen LogP contribution in [0.4, 0.5) is 0 Å². The summed E-state index contributed by atoms with van der Waals surface area (Å²) in [4.78, 5) is 12.4. The third-order valence-electron chi connectivity index (χ3n) is 2.85. The predicted molar refractivity (Wildman–Crippen MR) is 66.8 cm³/mol. The van der Waals surface area contributed by atoms with Crippen LogP contribution in [0.15, 0.2) is 24.3 Å². The number of fused-ring (bicyclic) bond motifs is 3. The number of para-hydroxylation sites is 1. The van der Waals surface area contributed by atoms with E-state index in [1.807, 2.05) is 0 Å². The van der Waals surface area contributed by atoms with Crippen LogP contribution in [0.25, 0.3) is 10.9 Å². The number of benzene rings is 1. The standard InChI is InChI=1S/C11H12N2.C2H4O2/c1-2-4-10-8(3-1)9-5-6-12-7-11(9)13-10;1-4-2-3/h1-4,12-13H,5-7H2;2H,1H3. The number of rotatable bonds is 1. The third kappa shape index (κ3) is 2.47. The molecular formula is C13H16N2O2. The predicted octanol–water partition coefficient (Wildman–Crippen LogP) is 1.60. The summed E-state index contributed by atoms with van der Waals surface area (Å²) in [6.07, 6.45) is 1.15. The minimum Gasteiger partial charge on any atom is -0.471 e. The maximum absolute atomic E-state index is 8.95. The van der Waals surface area contributed by atoms with E-state index in [1.54, 1.807) is 0 Å². The number of hydrogen-bond acceptors (Lipinski definition) is 3. The van der Waals surface area contributed by atoms with Crippen molar-refractivity contribution in [3.63, 3.8) is 0 Å². The zero-order valence-corrected chi connectivity index (χ0v) is 9.82. The van der Waals surface area contributed by atoms with Crippen LogP contribution in [0.5, 0.6) is 0 Å². The maximum atomic E-state index is 8.95. The summed E-state index contributed by atoms with van der Waals surface area (Å²) < 4.78 is 3.86. The van der Waals surface area contributed by atoms with E-state index in [9.17, 15) is 0 Å². The summed E-state index contributed by atoms with van der Waals surface area (Å²) in [7, 11) is 1.31. The summed E-state index contributed by atoms with van der Waals surface area (Å²) in [6, 6.07) is 8.54. The van der Waals surface area contributed by atoms with Crippen LogP contribution in [0.3, 0.4) is 0 Å². The van der Waals surface area contributed by atoms with E-state index in [0.29, 0.717) is 6.47 Å². The van der Waals surface area contributed by atoms with Crippen LogP contribution in [-0.2, 0) is 22.5 Å². The largest absolute Gasteiger partial charge is 0.471 e. The van der Waals surface area contributed by atoms with E-state index in [1.165, 1.54) is 29.3 Å². The molecule has 0 aliphatic carbocycles. The molecule has 3 rings (SSSR count). The van der Waals surface area contributed by atoms with Crippen molar-refractivity contribution < 1.29 is 9.53 Å². The Labute approximate surface area is 100.0 Å². The van der Waals surface area contributed by atoms with Gasteiger partial charge in [0.25, 0.3) is 6.47 Å². The lowest BCUT2D eigenvalue weighted by Crippen LogP contribution is -2.22. The van der Waals surface area contributed by atoms with Crippen molar-refractivity contribution in [1.82, 2.24) is 10.3 Å². The van der Waals surface area contributed by atoms with Gasteiger partial charge in [-0.1, -0.05) is 18.2 Å². The first-order valence-corrected chi connectivity index (χ1v) is 5.62. The number of methoxy groups -OCH3 is 1. The zero-order chi connectivity index (χ0) is 12.1. The van der Waals surface area contributed by atoms with Gasteiger partial charge in [0.2, 0.25) is 0 Å². The first-order chi connectivity index (χ1) is 8.36. The number of nitrogens with one attached hydrogen (secondary N) is 2. The van der Waals surface area contributed by atoms with Crippen LogP contribution in [0.1, 0.15) is 11.3 Å². The fourth-order valence-electron chi connectivity index (χ4n) is 2.12. The topological polar surface area (TPSA) is 54.1 Å². The van der Waals surface area contributed by atoms with Gasteiger partial charge in [-0.2, -0.15) is 0 Å². The van der Waals surface area contributed by atoms with Crippen molar-refractivity contribution >= 4 is 17.4 Å². The van der Waals surface area contributed by atoms with Crippen molar-refractivity contribution in [2.45, 2.75) is 13.0 Å². The van der Waals surface area contributed by atoms with Gasteiger partial charge in [-0.05, 0) is 24.6 Å². The first-order valence-electron chi connectivity index (χ1n) is 5.62. The fraction of sp³-hybridized carbons (Fsp3) is 0.308. The lowest BCUT2D eigenvalue weighted by molar-refractivity contribution is -0.126. The summed E-state index contributed by atoms with van der Waals surface area (Å²) in [5, 5.41) is 4.77. The van der Waals surface area contributed by atoms with E-state index in [2.05, 4.69) is 39.3 Å². The second-order valence-electron chi connectivity index (χ2n) is 3.89. The van der Waals surface area contributed by atoms with Gasteiger partial charge in [-0.15, -0.1) is 0 Å². The Morgan fingerprint density at radius 1 is 1.35 bits per heavy atom. The molecule has 4 nitrogen and oxygen atoms in total. The summed E-state index contributed by atoms with van der Waals surface area (Å²) in [5.74, 6) is 0. The molecule has 0 spiro atoms. The number of H-pyrrole nitrogens is 1. The second kappa shape index (κ2) is 5.50. The molecule has 90 valence electrons. The van der Waals surface area contributed by atoms with Gasteiger partial charge in [0.05, 0.1) is 7.11 Å². The average molecular weight is 232 g/mol. The third-order valence-corrected chi connectivity index (χ3v) is 2.85. The molecule has 0 saturated heterocycles. The van der Waals surface area contributed by atoms with E-state index < -0.39 is 0 Å². The maximum Gasteiger partial charge on any atom is 0.292 e. The van der Waals surface area contributed by atoms with Crippen molar-refractivity contribution in [2.24, 2.45) is 0 Å². The molecule has 1 aliphatic rings. The van der Waals surface area contributed by atoms with Gasteiger partial charge < -0.3 is 15.0 Å². The number of aromatic amines is 1. The Morgan fingerprint density at radius 3 is 2.88 bits per heavy atom. The number of carbonyl (C=O) groups is 1. The van der Waals surface area contributed by atoms with Gasteiger partial charge in [0.15, 0.2) is 0 Å². The molecule has 4 heteroatoms. The van der Waals surface area contributed by atoms with Crippen molar-refractivity contribution in [3.8, 4) is 0 Å². The van der Waals surface area contributed by atoms with Gasteiger partial charge >= 0.3 is 0 Å². The second-order valence-corrected chi connectivity index (χ2v) is 3.89. The molecule has 0 unspecified atom stereocenters. The van der Waals surface area contributed by atoms with Crippen molar-refractivity contribution in [3.05, 3.63) is 35.5 Å². The van der Waals surface area contributed by atoms with E-state index in [0.717, 1.165) is 19.5 Å². The quantitative estimate of drug-likeness (QED) is 0.734. The molecule has 0 bridgehead atoms. The minimum absolute atomic E-state index is 0.375. The average Bonchev–Trinajstić information content (AvgIpc) is 2.77. The van der Waals surface area contributed by atoms with Gasteiger partial charge in [0.1, 0.15) is 0 Å². The summed E-state index contributed by atoms with van der Waals surface area (Å²) in [5.41, 5.74) is 4.15. The zero-order valence-electron chi connectivity index (χ0n) is 9.82. The van der Waals surface area contributed by atoms with Crippen LogP contribution >= 0.6 is 0 Å². The van der Waals surface area contributed by atoms with Crippen LogP contribution in [0, 0.1) is 0 Å². The minimum atomic E-state index is 0.375. The summed E-state index contributed by atoms with van der Waals surface area (Å²) in [6.45, 7) is 2.47. The number of ether oxygens (including phenoxy) is 1. The Hall–Kier alpha value is -1.81.